The number of allylic oxidation sites excluding steroid dienone is 3. The van der Waals surface area contributed by atoms with Gasteiger partial charge in [-0.2, -0.15) is 0 Å². The highest BCUT2D eigenvalue weighted by molar-refractivity contribution is 6.15. The fourth-order valence-corrected chi connectivity index (χ4v) is 11.6. The van der Waals surface area contributed by atoms with Gasteiger partial charge in [-0.25, -0.2) is 4.79 Å². The molecule has 0 bridgehead atoms. The number of carbonyl (C=O) groups excluding carboxylic acids is 3. The summed E-state index contributed by atoms with van der Waals surface area (Å²) in [7, 11) is 0. The molecule has 0 saturated heterocycles. The van der Waals surface area contributed by atoms with Crippen molar-refractivity contribution in [2.24, 2.45) is 56.7 Å². The Bertz CT molecular complexity index is 1510. The number of hydrogen-bond acceptors (Lipinski definition) is 5. The topological polar surface area (TPSA) is 97.7 Å². The first kappa shape index (κ1) is 31.9. The van der Waals surface area contributed by atoms with Crippen LogP contribution < -0.4 is 0 Å². The highest BCUT2D eigenvalue weighted by Crippen LogP contribution is 2.75. The van der Waals surface area contributed by atoms with Gasteiger partial charge in [0.15, 0.2) is 11.6 Å². The molecule has 4 saturated carbocycles. The van der Waals surface area contributed by atoms with Gasteiger partial charge in [-0.1, -0.05) is 77.4 Å². The summed E-state index contributed by atoms with van der Waals surface area (Å²) in [5.41, 5.74) is -0.616. The van der Waals surface area contributed by atoms with E-state index in [0.717, 1.165) is 30.9 Å². The highest BCUT2D eigenvalue weighted by atomic mass is 16.5. The van der Waals surface area contributed by atoms with E-state index in [1.165, 1.54) is 18.4 Å². The first-order valence-electron chi connectivity index (χ1n) is 17.0. The summed E-state index contributed by atoms with van der Waals surface area (Å²) in [6, 6.07) is 9.33. The summed E-state index contributed by atoms with van der Waals surface area (Å²) in [6.45, 7) is 15.5. The van der Waals surface area contributed by atoms with Crippen molar-refractivity contribution in [1.29, 1.82) is 0 Å². The van der Waals surface area contributed by atoms with Crippen LogP contribution >= 0.6 is 0 Å². The van der Waals surface area contributed by atoms with Crippen LogP contribution in [0, 0.1) is 56.7 Å². The minimum Gasteiger partial charge on any atom is -0.478 e. The van der Waals surface area contributed by atoms with E-state index in [1.54, 1.807) is 6.92 Å². The lowest BCUT2D eigenvalue weighted by Crippen LogP contribution is -2.68. The number of ketones is 2. The molecule has 0 heterocycles. The summed E-state index contributed by atoms with van der Waals surface area (Å²) in [5.74, 6) is -1.77. The fraction of sp³-hybridized carbons (Fsp3) is 0.641. The number of carboxylic acids is 1. The molecule has 6 rings (SSSR count). The Balaban J connectivity index is 1.46. The third kappa shape index (κ3) is 4.40. The Morgan fingerprint density at radius 1 is 0.956 bits per heavy atom. The lowest BCUT2D eigenvalue weighted by atomic mass is 9.33. The number of carboxylic acid groups (broad SMARTS) is 1. The van der Waals surface area contributed by atoms with E-state index < -0.39 is 45.8 Å². The number of carbonyl (C=O) groups is 4. The second-order valence-electron chi connectivity index (χ2n) is 16.6. The molecule has 1 N–H and O–H groups in total. The molecule has 0 unspecified atom stereocenters. The van der Waals surface area contributed by atoms with Crippen molar-refractivity contribution in [3.63, 3.8) is 0 Å². The van der Waals surface area contributed by atoms with E-state index in [9.17, 15) is 24.3 Å². The second kappa shape index (κ2) is 10.5. The molecule has 0 aromatic heterocycles. The lowest BCUT2D eigenvalue weighted by molar-refractivity contribution is -0.196. The van der Waals surface area contributed by atoms with E-state index in [1.807, 2.05) is 43.3 Å². The molecule has 6 nitrogen and oxygen atoms in total. The van der Waals surface area contributed by atoms with Crippen LogP contribution in [0.15, 0.2) is 53.6 Å². The zero-order valence-electron chi connectivity index (χ0n) is 28.1. The first-order chi connectivity index (χ1) is 21.0. The molecule has 5 aliphatic carbocycles. The molecular formula is C39H50O6. The summed E-state index contributed by atoms with van der Waals surface area (Å²) in [5, 5.41) is 9.81. The number of benzene rings is 1. The largest absolute Gasteiger partial charge is 0.478 e. The zero-order valence-corrected chi connectivity index (χ0v) is 28.1. The van der Waals surface area contributed by atoms with Crippen LogP contribution in [-0.2, 0) is 30.5 Å². The zero-order chi connectivity index (χ0) is 32.7. The molecular weight excluding hydrogens is 564 g/mol. The molecule has 45 heavy (non-hydrogen) atoms. The Labute approximate surface area is 268 Å². The number of aliphatic carboxylic acids is 1. The number of rotatable bonds is 4. The predicted molar refractivity (Wildman–Crippen MR) is 172 cm³/mol. The van der Waals surface area contributed by atoms with Gasteiger partial charge in [-0.05, 0) is 109 Å². The Hall–Kier alpha value is -3.02. The van der Waals surface area contributed by atoms with Gasteiger partial charge in [-0.3, -0.25) is 14.4 Å². The van der Waals surface area contributed by atoms with Gasteiger partial charge in [0.05, 0.1) is 0 Å². The molecule has 0 aliphatic heterocycles. The maximum absolute atomic E-state index is 14.7. The van der Waals surface area contributed by atoms with E-state index in [2.05, 4.69) is 34.6 Å². The lowest BCUT2D eigenvalue weighted by Gasteiger charge is -2.70. The second-order valence-corrected chi connectivity index (χ2v) is 16.6. The van der Waals surface area contributed by atoms with E-state index in [0.29, 0.717) is 24.2 Å². The van der Waals surface area contributed by atoms with Gasteiger partial charge in [-0.15, -0.1) is 0 Å². The van der Waals surface area contributed by atoms with E-state index in [-0.39, 0.29) is 35.2 Å². The SMILES string of the molecule is C[C@H]1[C@H](C)CC[C@]2(C)CC[C@]3(C)C(=CC(=O)[C@@H]4[C@@]5(C)C/C(=C\C(=O)O)C(=O)[C@](C)(C(=O)OCc6ccccc6)[C@@H]5CC[C@]43C)[C@H]12. The third-order valence-corrected chi connectivity index (χ3v) is 14.4. The summed E-state index contributed by atoms with van der Waals surface area (Å²) < 4.78 is 5.84. The number of Topliss-reactive ketones (excluding diaryl/α,β-unsaturated/α-hetero) is 1. The molecule has 1 aromatic carbocycles. The summed E-state index contributed by atoms with van der Waals surface area (Å²) in [6.07, 6.45) is 8.94. The maximum Gasteiger partial charge on any atom is 0.328 e. The minimum atomic E-state index is -1.60. The van der Waals surface area contributed by atoms with Crippen molar-refractivity contribution < 1.29 is 29.0 Å². The Kier molecular flexibility index (Phi) is 7.45. The molecule has 242 valence electrons. The van der Waals surface area contributed by atoms with Crippen molar-refractivity contribution in [3.8, 4) is 0 Å². The molecule has 5 aliphatic rings. The fourth-order valence-electron chi connectivity index (χ4n) is 11.6. The molecule has 0 amide bonds. The number of fused-ring (bicyclic) bond motifs is 7. The van der Waals surface area contributed by atoms with Crippen LogP contribution in [0.25, 0.3) is 0 Å². The monoisotopic (exact) mass is 614 g/mol. The van der Waals surface area contributed by atoms with Crippen LogP contribution in [0.4, 0.5) is 0 Å². The minimum absolute atomic E-state index is 0.0188. The molecule has 1 aromatic rings. The van der Waals surface area contributed by atoms with Crippen molar-refractivity contribution in [2.45, 2.75) is 100 Å². The van der Waals surface area contributed by atoms with Gasteiger partial charge in [0.1, 0.15) is 12.0 Å². The van der Waals surface area contributed by atoms with Crippen molar-refractivity contribution in [2.75, 3.05) is 0 Å². The standard InChI is InChI=1S/C39H50O6/c1-23-13-15-35(3)17-18-37(5)27(31(35)24(23)2)20-28(40)32-36(4)21-26(19-30(41)42)33(43)39(7,29(36)14-16-38(32,37)6)34(44)45-22-25-11-9-8-10-12-25/h8-12,19-20,23-24,29,31-32H,13-18,21-22H2,1-7H3,(H,41,42)/b26-19+/t23-,24+,29-,31+,32-,35-,36+,37-,38-,39-/m1/s1. The highest BCUT2D eigenvalue weighted by Gasteiger charge is 2.72. The van der Waals surface area contributed by atoms with Crippen LogP contribution in [0.5, 0.6) is 0 Å². The quantitative estimate of drug-likeness (QED) is 0.212. The summed E-state index contributed by atoms with van der Waals surface area (Å²) >= 11 is 0. The molecule has 0 spiro atoms. The van der Waals surface area contributed by atoms with Crippen molar-refractivity contribution >= 4 is 23.5 Å². The average Bonchev–Trinajstić information content (AvgIpc) is 2.98. The molecule has 10 atom stereocenters. The molecule has 4 fully saturated rings. The molecule has 6 heteroatoms. The van der Waals surface area contributed by atoms with Gasteiger partial charge in [0.25, 0.3) is 0 Å². The van der Waals surface area contributed by atoms with E-state index in [4.69, 9.17) is 4.74 Å². The van der Waals surface area contributed by atoms with Crippen LogP contribution in [-0.4, -0.2) is 28.6 Å². The van der Waals surface area contributed by atoms with E-state index >= 15 is 0 Å². The number of hydrogen-bond donors (Lipinski definition) is 1. The van der Waals surface area contributed by atoms with Crippen molar-refractivity contribution in [3.05, 3.63) is 59.2 Å². The van der Waals surface area contributed by atoms with Crippen molar-refractivity contribution in [1.82, 2.24) is 0 Å². The van der Waals surface area contributed by atoms with Gasteiger partial charge in [0, 0.05) is 17.6 Å². The average molecular weight is 615 g/mol. The number of esters is 1. The predicted octanol–water partition coefficient (Wildman–Crippen LogP) is 7.76. The maximum atomic E-state index is 14.7. The Morgan fingerprint density at radius 2 is 1.64 bits per heavy atom. The first-order valence-corrected chi connectivity index (χ1v) is 17.0. The Morgan fingerprint density at radius 3 is 2.31 bits per heavy atom. The summed E-state index contributed by atoms with van der Waals surface area (Å²) in [4.78, 5) is 55.0. The normalized spacial score (nSPS) is 45.0. The molecule has 0 radical (unpaired) electrons. The van der Waals surface area contributed by atoms with Crippen LogP contribution in [0.3, 0.4) is 0 Å². The van der Waals surface area contributed by atoms with Gasteiger partial charge >= 0.3 is 11.9 Å². The van der Waals surface area contributed by atoms with Gasteiger partial charge in [0.2, 0.25) is 0 Å². The number of ether oxygens (including phenoxy) is 1. The van der Waals surface area contributed by atoms with Crippen LogP contribution in [0.2, 0.25) is 0 Å². The smallest absolute Gasteiger partial charge is 0.328 e. The van der Waals surface area contributed by atoms with Crippen LogP contribution in [0.1, 0.15) is 99.0 Å². The van der Waals surface area contributed by atoms with Gasteiger partial charge < -0.3 is 9.84 Å². The third-order valence-electron chi connectivity index (χ3n) is 14.4.